The quantitative estimate of drug-likeness (QED) is 0.197. The molecule has 0 radical (unpaired) electrons. The van der Waals surface area contributed by atoms with Crippen molar-refractivity contribution in [3.05, 3.63) is 80.8 Å². The van der Waals surface area contributed by atoms with Gasteiger partial charge in [0.25, 0.3) is 5.69 Å². The molecule has 0 saturated heterocycles. The van der Waals surface area contributed by atoms with E-state index in [1.165, 1.54) is 11.5 Å². The maximum atomic E-state index is 11.0. The van der Waals surface area contributed by atoms with Crippen molar-refractivity contribution in [2.75, 3.05) is 19.7 Å². The molecule has 0 aliphatic carbocycles. The van der Waals surface area contributed by atoms with Crippen LogP contribution in [0.3, 0.4) is 0 Å². The molecule has 0 fully saturated rings. The molecule has 0 saturated carbocycles. The number of nitro groups is 1. The molecule has 1 atom stereocenters. The highest BCUT2D eigenvalue weighted by atomic mass is 79.9. The van der Waals surface area contributed by atoms with Crippen LogP contribution in [-0.2, 0) is 0 Å². The zero-order valence-electron chi connectivity index (χ0n) is 16.0. The highest BCUT2D eigenvalue weighted by Crippen LogP contribution is 2.29. The predicted molar refractivity (Wildman–Crippen MR) is 120 cm³/mol. The molecule has 4 rings (SSSR count). The van der Waals surface area contributed by atoms with Crippen LogP contribution >= 0.6 is 15.9 Å². The lowest BCUT2D eigenvalue weighted by Gasteiger charge is -2.13. The van der Waals surface area contributed by atoms with E-state index in [9.17, 15) is 15.2 Å². The number of aromatic nitrogens is 1. The molecule has 1 aromatic heterocycles. The highest BCUT2D eigenvalue weighted by Gasteiger charge is 2.16. The zero-order chi connectivity index (χ0) is 21.1. The van der Waals surface area contributed by atoms with Crippen LogP contribution in [0, 0.1) is 10.1 Å². The normalized spacial score (nSPS) is 12.3. The summed E-state index contributed by atoms with van der Waals surface area (Å²) in [4.78, 5) is 13.9. The van der Waals surface area contributed by atoms with Gasteiger partial charge >= 0.3 is 0 Å². The maximum Gasteiger partial charge on any atom is 0.283 e. The molecule has 0 amide bonds. The van der Waals surface area contributed by atoms with E-state index in [0.717, 1.165) is 22.2 Å². The number of rotatable bonds is 8. The van der Waals surface area contributed by atoms with Crippen LogP contribution in [0.5, 0.6) is 5.75 Å². The first kappa shape index (κ1) is 20.3. The van der Waals surface area contributed by atoms with Gasteiger partial charge in [-0.3, -0.25) is 10.1 Å². The minimum atomic E-state index is -0.848. The number of nitrogens with zero attached hydrogens (tertiary/aromatic N) is 1. The predicted octanol–water partition coefficient (Wildman–Crippen LogP) is 4.69. The molecule has 0 aliphatic heterocycles. The third-order valence-electron chi connectivity index (χ3n) is 4.91. The molecule has 0 unspecified atom stereocenters. The monoisotopic (exact) mass is 469 g/mol. The van der Waals surface area contributed by atoms with Crippen LogP contribution in [0.25, 0.3) is 21.8 Å². The number of benzene rings is 3. The van der Waals surface area contributed by atoms with Gasteiger partial charge in [-0.25, -0.2) is 0 Å². The van der Waals surface area contributed by atoms with E-state index in [2.05, 4.69) is 32.3 Å². The fourth-order valence-corrected chi connectivity index (χ4v) is 3.79. The average Bonchev–Trinajstić information content (AvgIpc) is 3.11. The third-order valence-corrected chi connectivity index (χ3v) is 5.59. The molecular weight excluding hydrogens is 450 g/mol. The van der Waals surface area contributed by atoms with E-state index in [-0.39, 0.29) is 12.2 Å². The second-order valence-electron chi connectivity index (χ2n) is 6.91. The molecule has 8 heteroatoms. The number of hydrogen-bond acceptors (Lipinski definition) is 5. The van der Waals surface area contributed by atoms with Crippen molar-refractivity contribution in [2.45, 2.75) is 6.10 Å². The van der Waals surface area contributed by atoms with Crippen LogP contribution in [0.4, 0.5) is 5.69 Å². The summed E-state index contributed by atoms with van der Waals surface area (Å²) in [6.07, 6.45) is -0.848. The summed E-state index contributed by atoms with van der Waals surface area (Å²) in [5.74, 6) is 0.764. The van der Waals surface area contributed by atoms with E-state index >= 15 is 0 Å². The Bertz CT molecular complexity index is 1210. The zero-order valence-corrected chi connectivity index (χ0v) is 17.6. The lowest BCUT2D eigenvalue weighted by Crippen LogP contribution is -2.26. The second kappa shape index (κ2) is 8.83. The SMILES string of the molecule is O=[N+]([O-])c1cc([C@@H](O)CNCCOc2ccc3c(c2)[nH]c2ccccc23)ccc1Br. The number of nitrogens with one attached hydrogen (secondary N) is 2. The molecule has 0 bridgehead atoms. The number of para-hydroxylation sites is 1. The van der Waals surface area contributed by atoms with Crippen LogP contribution < -0.4 is 10.1 Å². The summed E-state index contributed by atoms with van der Waals surface area (Å²) in [6, 6.07) is 18.7. The first-order valence-corrected chi connectivity index (χ1v) is 10.3. The Morgan fingerprint density at radius 2 is 1.90 bits per heavy atom. The Morgan fingerprint density at radius 1 is 1.10 bits per heavy atom. The average molecular weight is 470 g/mol. The molecule has 154 valence electrons. The second-order valence-corrected chi connectivity index (χ2v) is 7.77. The number of hydrogen-bond donors (Lipinski definition) is 3. The van der Waals surface area contributed by atoms with Crippen molar-refractivity contribution >= 4 is 43.4 Å². The van der Waals surface area contributed by atoms with Crippen molar-refractivity contribution < 1.29 is 14.8 Å². The third kappa shape index (κ3) is 4.30. The van der Waals surface area contributed by atoms with Crippen molar-refractivity contribution in [2.24, 2.45) is 0 Å². The number of fused-ring (bicyclic) bond motifs is 3. The molecule has 3 aromatic carbocycles. The number of aromatic amines is 1. The van der Waals surface area contributed by atoms with Gasteiger partial charge in [0, 0.05) is 41.5 Å². The molecular formula is C22H20BrN3O4. The summed E-state index contributed by atoms with van der Waals surface area (Å²) in [5.41, 5.74) is 2.53. The topological polar surface area (TPSA) is 100 Å². The Balaban J connectivity index is 1.29. The number of halogens is 1. The van der Waals surface area contributed by atoms with Crippen molar-refractivity contribution in [3.8, 4) is 5.75 Å². The van der Waals surface area contributed by atoms with E-state index < -0.39 is 11.0 Å². The summed E-state index contributed by atoms with van der Waals surface area (Å²) in [7, 11) is 0. The Kier molecular flexibility index (Phi) is 5.98. The van der Waals surface area contributed by atoms with Crippen LogP contribution in [0.15, 0.2) is 65.1 Å². The van der Waals surface area contributed by atoms with Gasteiger partial charge in [0.2, 0.25) is 0 Å². The number of aliphatic hydroxyl groups is 1. The molecule has 1 heterocycles. The lowest BCUT2D eigenvalue weighted by molar-refractivity contribution is -0.385. The standard InChI is InChI=1S/C22H20BrN3O4/c23-18-8-5-14(11-21(18)26(28)29)22(27)13-24-9-10-30-15-6-7-17-16-3-1-2-4-19(16)25-20(17)12-15/h1-8,11-12,22,24-25,27H,9-10,13H2/t22-/m0/s1. The van der Waals surface area contributed by atoms with Gasteiger partial charge in [0.05, 0.1) is 21.0 Å². The maximum absolute atomic E-state index is 11.0. The lowest BCUT2D eigenvalue weighted by atomic mass is 10.1. The van der Waals surface area contributed by atoms with Gasteiger partial charge < -0.3 is 20.1 Å². The van der Waals surface area contributed by atoms with Crippen LogP contribution in [-0.4, -0.2) is 34.7 Å². The molecule has 0 aliphatic rings. The summed E-state index contributed by atoms with van der Waals surface area (Å²) in [6.45, 7) is 1.22. The smallest absolute Gasteiger partial charge is 0.283 e. The minimum absolute atomic E-state index is 0.0674. The summed E-state index contributed by atoms with van der Waals surface area (Å²) < 4.78 is 6.19. The van der Waals surface area contributed by atoms with Gasteiger partial charge in [-0.2, -0.15) is 0 Å². The fraction of sp³-hybridized carbons (Fsp3) is 0.182. The van der Waals surface area contributed by atoms with E-state index in [1.54, 1.807) is 12.1 Å². The fourth-order valence-electron chi connectivity index (χ4n) is 3.40. The Labute approximate surface area is 180 Å². The van der Waals surface area contributed by atoms with E-state index in [1.807, 2.05) is 36.4 Å². The molecule has 4 aromatic rings. The van der Waals surface area contributed by atoms with Gasteiger partial charge in [-0.15, -0.1) is 0 Å². The first-order valence-electron chi connectivity index (χ1n) is 9.49. The summed E-state index contributed by atoms with van der Waals surface area (Å²) >= 11 is 3.14. The van der Waals surface area contributed by atoms with Crippen molar-refractivity contribution in [1.29, 1.82) is 0 Å². The molecule has 7 nitrogen and oxygen atoms in total. The van der Waals surface area contributed by atoms with Gasteiger partial charge in [0.15, 0.2) is 0 Å². The number of ether oxygens (including phenoxy) is 1. The van der Waals surface area contributed by atoms with E-state index in [0.29, 0.717) is 23.2 Å². The van der Waals surface area contributed by atoms with E-state index in [4.69, 9.17) is 4.74 Å². The number of H-pyrrole nitrogens is 1. The molecule has 30 heavy (non-hydrogen) atoms. The van der Waals surface area contributed by atoms with Crippen molar-refractivity contribution in [1.82, 2.24) is 10.3 Å². The Hall–Kier alpha value is -2.94. The molecule has 0 spiro atoms. The molecule has 3 N–H and O–H groups in total. The first-order chi connectivity index (χ1) is 14.5. The minimum Gasteiger partial charge on any atom is -0.492 e. The van der Waals surface area contributed by atoms with Crippen molar-refractivity contribution in [3.63, 3.8) is 0 Å². The largest absolute Gasteiger partial charge is 0.492 e. The van der Waals surface area contributed by atoms with Gasteiger partial charge in [0.1, 0.15) is 12.4 Å². The van der Waals surface area contributed by atoms with Gasteiger partial charge in [-0.05, 0) is 45.8 Å². The summed E-state index contributed by atoms with van der Waals surface area (Å²) in [5, 5.41) is 26.7. The van der Waals surface area contributed by atoms with Crippen LogP contribution in [0.1, 0.15) is 11.7 Å². The Morgan fingerprint density at radius 3 is 2.73 bits per heavy atom. The number of nitro benzene ring substituents is 1. The number of aliphatic hydroxyl groups excluding tert-OH is 1. The van der Waals surface area contributed by atoms with Gasteiger partial charge in [-0.1, -0.05) is 24.3 Å². The van der Waals surface area contributed by atoms with Crippen LogP contribution in [0.2, 0.25) is 0 Å². The highest BCUT2D eigenvalue weighted by molar-refractivity contribution is 9.10.